The summed E-state index contributed by atoms with van der Waals surface area (Å²) in [4.78, 5) is 27.8. The van der Waals surface area contributed by atoms with Crippen LogP contribution in [0.2, 0.25) is 0 Å². The Kier molecular flexibility index (Phi) is 5.02. The van der Waals surface area contributed by atoms with Gasteiger partial charge in [-0.15, -0.1) is 0 Å². The molecule has 11 heteroatoms. The van der Waals surface area contributed by atoms with Crippen LogP contribution >= 0.6 is 11.3 Å². The molecule has 28 heavy (non-hydrogen) atoms. The molecule has 0 unspecified atom stereocenters. The van der Waals surface area contributed by atoms with Gasteiger partial charge >= 0.3 is 6.18 Å². The van der Waals surface area contributed by atoms with Crippen LogP contribution in [0, 0.1) is 15.9 Å². The number of halogens is 4. The third-order valence-electron chi connectivity index (χ3n) is 3.85. The molecule has 0 aliphatic heterocycles. The highest BCUT2D eigenvalue weighted by molar-refractivity contribution is 7.22. The highest BCUT2D eigenvalue weighted by Gasteiger charge is 2.34. The van der Waals surface area contributed by atoms with E-state index in [2.05, 4.69) is 4.98 Å². The lowest BCUT2D eigenvalue weighted by atomic mass is 10.1. The second kappa shape index (κ2) is 7.15. The number of alkyl halides is 3. The van der Waals surface area contributed by atoms with E-state index < -0.39 is 39.1 Å². The Morgan fingerprint density at radius 1 is 1.25 bits per heavy atom. The molecule has 0 N–H and O–H groups in total. The topological polar surface area (TPSA) is 76.3 Å². The molecule has 6 nitrogen and oxygen atoms in total. The standard InChI is InChI=1S/C17H11F4N3O3S/c1-23(8-9-3-2-4-11(18)5-9)16-22-15(25)12-6-10(17(19,20)21)7-13(24(26)27)14(12)28-16/h2-7H,8H2,1H3. The lowest BCUT2D eigenvalue weighted by molar-refractivity contribution is -0.383. The van der Waals surface area contributed by atoms with E-state index in [4.69, 9.17) is 0 Å². The van der Waals surface area contributed by atoms with Gasteiger partial charge in [-0.1, -0.05) is 23.5 Å². The first-order valence-corrected chi connectivity index (χ1v) is 8.54. The predicted molar refractivity (Wildman–Crippen MR) is 96.1 cm³/mol. The van der Waals surface area contributed by atoms with Crippen LogP contribution in [-0.2, 0) is 12.7 Å². The number of rotatable bonds is 4. The molecular weight excluding hydrogens is 402 g/mol. The summed E-state index contributed by atoms with van der Waals surface area (Å²) >= 11 is 0.719. The van der Waals surface area contributed by atoms with Crippen LogP contribution in [-0.4, -0.2) is 17.0 Å². The average Bonchev–Trinajstić information content (AvgIpc) is 2.59. The number of benzene rings is 2. The third-order valence-corrected chi connectivity index (χ3v) is 5.07. The second-order valence-corrected chi connectivity index (χ2v) is 6.89. The van der Waals surface area contributed by atoms with Crippen LogP contribution in [0.5, 0.6) is 0 Å². The molecule has 3 aromatic rings. The van der Waals surface area contributed by atoms with Gasteiger partial charge in [-0.25, -0.2) is 4.39 Å². The molecule has 0 fully saturated rings. The predicted octanol–water partition coefficient (Wildman–Crippen LogP) is 4.36. The zero-order valence-corrected chi connectivity index (χ0v) is 15.0. The molecule has 0 aliphatic carbocycles. The van der Waals surface area contributed by atoms with Crippen molar-refractivity contribution in [3.05, 3.63) is 73.8 Å². The first-order valence-electron chi connectivity index (χ1n) is 7.72. The van der Waals surface area contributed by atoms with E-state index in [1.54, 1.807) is 6.07 Å². The molecule has 2 aromatic carbocycles. The number of nitro benzene ring substituents is 1. The van der Waals surface area contributed by atoms with Gasteiger partial charge in [0.25, 0.3) is 11.2 Å². The van der Waals surface area contributed by atoms with Gasteiger partial charge in [0.1, 0.15) is 10.5 Å². The summed E-state index contributed by atoms with van der Waals surface area (Å²) in [7, 11) is 1.53. The highest BCUT2D eigenvalue weighted by atomic mass is 32.1. The van der Waals surface area contributed by atoms with E-state index in [-0.39, 0.29) is 16.4 Å². The largest absolute Gasteiger partial charge is 0.416 e. The zero-order chi connectivity index (χ0) is 20.6. The maximum absolute atomic E-state index is 13.3. The lowest BCUT2D eigenvalue weighted by Crippen LogP contribution is -2.20. The van der Waals surface area contributed by atoms with Crippen molar-refractivity contribution in [3.8, 4) is 0 Å². The third kappa shape index (κ3) is 3.93. The van der Waals surface area contributed by atoms with Crippen LogP contribution in [0.1, 0.15) is 11.1 Å². The molecule has 1 aromatic heterocycles. The summed E-state index contributed by atoms with van der Waals surface area (Å²) in [6.07, 6.45) is -4.84. The highest BCUT2D eigenvalue weighted by Crippen LogP contribution is 2.38. The fraction of sp³-hybridized carbons (Fsp3) is 0.176. The molecule has 0 saturated heterocycles. The van der Waals surface area contributed by atoms with Crippen LogP contribution in [0.3, 0.4) is 0 Å². The maximum atomic E-state index is 13.3. The Hall–Kier alpha value is -3.08. The molecule has 1 heterocycles. The van der Waals surface area contributed by atoms with Crippen molar-refractivity contribution in [2.75, 3.05) is 11.9 Å². The molecule has 0 saturated carbocycles. The van der Waals surface area contributed by atoms with E-state index in [9.17, 15) is 32.5 Å². The Labute approximate surface area is 158 Å². The number of fused-ring (bicyclic) bond motifs is 1. The van der Waals surface area contributed by atoms with E-state index >= 15 is 0 Å². The van der Waals surface area contributed by atoms with Crippen LogP contribution in [0.4, 0.5) is 28.4 Å². The summed E-state index contributed by atoms with van der Waals surface area (Å²) in [5.74, 6) is -0.458. The minimum absolute atomic E-state index is 0.0598. The van der Waals surface area contributed by atoms with Gasteiger partial charge in [0.05, 0.1) is 15.9 Å². The molecule has 0 bridgehead atoms. The van der Waals surface area contributed by atoms with Gasteiger partial charge in [0.15, 0.2) is 5.13 Å². The second-order valence-electron chi connectivity index (χ2n) is 5.91. The van der Waals surface area contributed by atoms with Crippen molar-refractivity contribution in [1.29, 1.82) is 0 Å². The van der Waals surface area contributed by atoms with Crippen molar-refractivity contribution in [2.45, 2.75) is 12.7 Å². The van der Waals surface area contributed by atoms with E-state index in [1.165, 1.54) is 30.1 Å². The van der Waals surface area contributed by atoms with Crippen LogP contribution in [0.15, 0.2) is 41.2 Å². The van der Waals surface area contributed by atoms with Gasteiger partial charge in [-0.3, -0.25) is 14.9 Å². The Morgan fingerprint density at radius 3 is 2.57 bits per heavy atom. The Morgan fingerprint density at radius 2 is 1.96 bits per heavy atom. The number of nitrogens with zero attached hydrogens (tertiary/aromatic N) is 3. The molecule has 3 rings (SSSR count). The minimum atomic E-state index is -4.84. The number of aromatic nitrogens is 1. The van der Waals surface area contributed by atoms with Crippen LogP contribution in [0.25, 0.3) is 10.1 Å². The SMILES string of the molecule is CN(Cc1cccc(F)c1)c1nc(=O)c2cc(C(F)(F)F)cc([N+](=O)[O-])c2s1. The summed E-state index contributed by atoms with van der Waals surface area (Å²) in [5.41, 5.74) is -2.57. The van der Waals surface area contributed by atoms with Gasteiger partial charge in [-0.2, -0.15) is 18.2 Å². The maximum Gasteiger partial charge on any atom is 0.416 e. The van der Waals surface area contributed by atoms with Gasteiger partial charge in [0, 0.05) is 19.7 Å². The smallest absolute Gasteiger partial charge is 0.347 e. The van der Waals surface area contributed by atoms with Crippen molar-refractivity contribution in [2.24, 2.45) is 0 Å². The van der Waals surface area contributed by atoms with Crippen LogP contribution < -0.4 is 10.5 Å². The van der Waals surface area contributed by atoms with Crippen molar-refractivity contribution in [1.82, 2.24) is 4.98 Å². The number of anilines is 1. The van der Waals surface area contributed by atoms with Gasteiger partial charge < -0.3 is 4.90 Å². The van der Waals surface area contributed by atoms with Gasteiger partial charge in [0.2, 0.25) is 0 Å². The molecule has 0 amide bonds. The molecule has 0 radical (unpaired) electrons. The van der Waals surface area contributed by atoms with Crippen molar-refractivity contribution in [3.63, 3.8) is 0 Å². The number of non-ortho nitro benzene ring substituents is 1. The van der Waals surface area contributed by atoms with E-state index in [1.807, 2.05) is 0 Å². The number of nitro groups is 1. The fourth-order valence-electron chi connectivity index (χ4n) is 2.58. The molecule has 0 spiro atoms. The summed E-state index contributed by atoms with van der Waals surface area (Å²) in [5, 5.41) is 10.9. The first-order chi connectivity index (χ1) is 13.1. The minimum Gasteiger partial charge on any atom is -0.347 e. The quantitative estimate of drug-likeness (QED) is 0.361. The Balaban J connectivity index is 2.12. The van der Waals surface area contributed by atoms with Gasteiger partial charge in [-0.05, 0) is 23.8 Å². The van der Waals surface area contributed by atoms with E-state index in [0.717, 1.165) is 11.3 Å². The molecule has 0 atom stereocenters. The first kappa shape index (κ1) is 19.7. The summed E-state index contributed by atoms with van der Waals surface area (Å²) in [6.45, 7) is 0.140. The normalized spacial score (nSPS) is 11.6. The molecule has 146 valence electrons. The molecular formula is C17H11F4N3O3S. The average molecular weight is 413 g/mol. The summed E-state index contributed by atoms with van der Waals surface area (Å²) in [6, 6.07) is 6.63. The zero-order valence-electron chi connectivity index (χ0n) is 14.2. The summed E-state index contributed by atoms with van der Waals surface area (Å²) < 4.78 is 52.1. The van der Waals surface area contributed by atoms with E-state index in [0.29, 0.717) is 17.7 Å². The lowest BCUT2D eigenvalue weighted by Gasteiger charge is -2.17. The fourth-order valence-corrected chi connectivity index (χ4v) is 3.61. The monoisotopic (exact) mass is 413 g/mol. The van der Waals surface area contributed by atoms with Crippen molar-refractivity contribution < 1.29 is 22.5 Å². The molecule has 0 aliphatic rings. The number of hydrogen-bond acceptors (Lipinski definition) is 6. The van der Waals surface area contributed by atoms with Crippen molar-refractivity contribution >= 4 is 32.2 Å². The Bertz CT molecular complexity index is 1130. The number of hydrogen-bond donors (Lipinski definition) is 0.